The number of para-hydroxylation sites is 2. The van der Waals surface area contributed by atoms with E-state index in [2.05, 4.69) is 248 Å². The van der Waals surface area contributed by atoms with Crippen molar-refractivity contribution in [2.45, 2.75) is 24.8 Å². The van der Waals surface area contributed by atoms with Crippen molar-refractivity contribution in [3.8, 4) is 27.9 Å². The Kier molecular flexibility index (Phi) is 9.19. The standard InChI is InChI=1S/C62H46N2/c1-2-48-53(42-22-8-3-9-23-42)41-58(63-61(48)43-24-10-4-11-25-43)55-40-57-54(49-32-18-20-34-56(49)62(57,45-26-12-5-13-27-45)46-28-14-6-15-29-46)39-52(55)44-36-37-51-50-33-19-21-35-59(50)64(60(51)38-44)47-30-16-7-17-31-47/h3-41,48,61H,2H2,1H3. The van der Waals surface area contributed by atoms with Gasteiger partial charge in [0.2, 0.25) is 0 Å². The third-order valence-corrected chi connectivity index (χ3v) is 13.9. The summed E-state index contributed by atoms with van der Waals surface area (Å²) in [5.74, 6) is 0.210. The Hall–Kier alpha value is -7.81. The molecule has 2 heteroatoms. The van der Waals surface area contributed by atoms with Crippen molar-refractivity contribution in [1.29, 1.82) is 0 Å². The van der Waals surface area contributed by atoms with Crippen molar-refractivity contribution in [1.82, 2.24) is 4.57 Å². The Morgan fingerprint density at radius 1 is 0.453 bits per heavy atom. The van der Waals surface area contributed by atoms with Gasteiger partial charge in [0.25, 0.3) is 0 Å². The molecule has 2 unspecified atom stereocenters. The van der Waals surface area contributed by atoms with Crippen LogP contribution in [0.25, 0.3) is 55.3 Å². The van der Waals surface area contributed by atoms with E-state index in [1.54, 1.807) is 0 Å². The van der Waals surface area contributed by atoms with Gasteiger partial charge in [-0.25, -0.2) is 0 Å². The van der Waals surface area contributed by atoms with Gasteiger partial charge in [-0.1, -0.05) is 201 Å². The molecule has 1 aromatic heterocycles. The van der Waals surface area contributed by atoms with Crippen molar-refractivity contribution in [2.24, 2.45) is 10.9 Å². The van der Waals surface area contributed by atoms with Crippen LogP contribution in [0.3, 0.4) is 0 Å². The second kappa shape index (κ2) is 15.5. The lowest BCUT2D eigenvalue weighted by atomic mass is 9.67. The lowest BCUT2D eigenvalue weighted by molar-refractivity contribution is 0.519. The zero-order valence-electron chi connectivity index (χ0n) is 35.8. The van der Waals surface area contributed by atoms with Crippen LogP contribution in [0.5, 0.6) is 0 Å². The normalized spacial score (nSPS) is 16.3. The van der Waals surface area contributed by atoms with E-state index in [4.69, 9.17) is 4.99 Å². The molecule has 0 radical (unpaired) electrons. The monoisotopic (exact) mass is 818 g/mol. The molecule has 2 atom stereocenters. The molecule has 0 fully saturated rings. The van der Waals surface area contributed by atoms with E-state index in [-0.39, 0.29) is 12.0 Å². The Labute approximate surface area is 375 Å². The van der Waals surface area contributed by atoms with Crippen LogP contribution < -0.4 is 0 Å². The third kappa shape index (κ3) is 5.90. The van der Waals surface area contributed by atoms with Crippen molar-refractivity contribution < 1.29 is 0 Å². The average Bonchev–Trinajstić information content (AvgIpc) is 3.87. The summed E-state index contributed by atoms with van der Waals surface area (Å²) >= 11 is 0. The summed E-state index contributed by atoms with van der Waals surface area (Å²) in [5.41, 5.74) is 18.8. The van der Waals surface area contributed by atoms with Gasteiger partial charge in [0.1, 0.15) is 0 Å². The number of aliphatic imine (C=N–C) groups is 1. The molecule has 0 bridgehead atoms. The van der Waals surface area contributed by atoms with Crippen LogP contribution in [-0.4, -0.2) is 10.3 Å². The van der Waals surface area contributed by atoms with Crippen LogP contribution in [0.2, 0.25) is 0 Å². The first-order valence-corrected chi connectivity index (χ1v) is 22.6. The Balaban J connectivity index is 1.20. The Morgan fingerprint density at radius 2 is 1.05 bits per heavy atom. The van der Waals surface area contributed by atoms with Gasteiger partial charge in [0.15, 0.2) is 0 Å². The first-order valence-electron chi connectivity index (χ1n) is 22.6. The number of hydrogen-bond donors (Lipinski definition) is 0. The lowest BCUT2D eigenvalue weighted by Gasteiger charge is -2.35. The van der Waals surface area contributed by atoms with Gasteiger partial charge in [-0.15, -0.1) is 0 Å². The van der Waals surface area contributed by atoms with Crippen LogP contribution in [0.1, 0.15) is 58.3 Å². The molecule has 2 aliphatic rings. The number of hydrogen-bond acceptors (Lipinski definition) is 1. The highest BCUT2D eigenvalue weighted by molar-refractivity contribution is 6.18. The maximum atomic E-state index is 5.90. The molecule has 0 saturated carbocycles. The van der Waals surface area contributed by atoms with E-state index in [1.165, 1.54) is 77.5 Å². The molecule has 10 aromatic rings. The number of dihydropyridines is 1. The minimum atomic E-state index is -0.558. The highest BCUT2D eigenvalue weighted by Gasteiger charge is 2.47. The van der Waals surface area contributed by atoms with Gasteiger partial charge in [-0.05, 0) is 110 Å². The van der Waals surface area contributed by atoms with Crippen LogP contribution in [0.4, 0.5) is 0 Å². The number of fused-ring (bicyclic) bond motifs is 6. The summed E-state index contributed by atoms with van der Waals surface area (Å²) in [7, 11) is 0. The zero-order valence-corrected chi connectivity index (χ0v) is 35.8. The quantitative estimate of drug-likeness (QED) is 0.145. The molecule has 2 nitrogen and oxygen atoms in total. The van der Waals surface area contributed by atoms with E-state index in [0.717, 1.165) is 28.9 Å². The zero-order chi connectivity index (χ0) is 42.6. The number of nitrogens with zero attached hydrogens (tertiary/aromatic N) is 2. The molecule has 64 heavy (non-hydrogen) atoms. The van der Waals surface area contributed by atoms with Gasteiger partial charge >= 0.3 is 0 Å². The van der Waals surface area contributed by atoms with Crippen LogP contribution in [0, 0.1) is 5.92 Å². The molecule has 0 N–H and O–H groups in total. The summed E-state index contributed by atoms with van der Waals surface area (Å²) in [4.78, 5) is 5.90. The molecule has 0 saturated heterocycles. The van der Waals surface area contributed by atoms with Crippen LogP contribution in [0.15, 0.2) is 242 Å². The second-order valence-electron chi connectivity index (χ2n) is 17.2. The second-order valence-corrected chi connectivity index (χ2v) is 17.2. The van der Waals surface area contributed by atoms with E-state index in [1.807, 2.05) is 0 Å². The molecule has 2 heterocycles. The van der Waals surface area contributed by atoms with Crippen LogP contribution in [-0.2, 0) is 5.41 Å². The number of allylic oxidation sites excluding steroid dienone is 1. The minimum Gasteiger partial charge on any atom is -0.309 e. The first kappa shape index (κ1) is 37.9. The number of benzene rings is 9. The molecular formula is C62H46N2. The minimum absolute atomic E-state index is 0.0594. The lowest BCUT2D eigenvalue weighted by Crippen LogP contribution is -2.29. The van der Waals surface area contributed by atoms with E-state index in [9.17, 15) is 0 Å². The summed E-state index contributed by atoms with van der Waals surface area (Å²) in [6.07, 6.45) is 3.39. The molecule has 12 rings (SSSR count). The maximum Gasteiger partial charge on any atom is 0.0825 e. The fourth-order valence-corrected chi connectivity index (χ4v) is 11.1. The van der Waals surface area contributed by atoms with Crippen molar-refractivity contribution >= 4 is 33.1 Å². The topological polar surface area (TPSA) is 17.3 Å². The fraction of sp³-hybridized carbons (Fsp3) is 0.0806. The predicted molar refractivity (Wildman–Crippen MR) is 267 cm³/mol. The molecule has 9 aromatic carbocycles. The smallest absolute Gasteiger partial charge is 0.0825 e. The van der Waals surface area contributed by atoms with Crippen molar-refractivity contribution in [3.05, 3.63) is 276 Å². The molecule has 1 aliphatic carbocycles. The van der Waals surface area contributed by atoms with Crippen molar-refractivity contribution in [2.75, 3.05) is 0 Å². The Morgan fingerprint density at radius 3 is 1.75 bits per heavy atom. The number of aromatic nitrogens is 1. The summed E-state index contributed by atoms with van der Waals surface area (Å²) in [6, 6.07) is 84.9. The molecule has 0 amide bonds. The van der Waals surface area contributed by atoms with Gasteiger partial charge in [0.05, 0.1) is 28.2 Å². The highest BCUT2D eigenvalue weighted by Crippen LogP contribution is 2.57. The summed E-state index contributed by atoms with van der Waals surface area (Å²) in [5, 5.41) is 2.48. The van der Waals surface area contributed by atoms with E-state index in [0.29, 0.717) is 0 Å². The number of rotatable bonds is 8. The summed E-state index contributed by atoms with van der Waals surface area (Å²) in [6.45, 7) is 2.31. The molecule has 0 spiro atoms. The first-order chi connectivity index (χ1) is 31.7. The van der Waals surface area contributed by atoms with E-state index < -0.39 is 5.41 Å². The molecule has 1 aliphatic heterocycles. The van der Waals surface area contributed by atoms with Crippen molar-refractivity contribution in [3.63, 3.8) is 0 Å². The maximum absolute atomic E-state index is 5.90. The van der Waals surface area contributed by atoms with Crippen LogP contribution >= 0.6 is 0 Å². The van der Waals surface area contributed by atoms with E-state index >= 15 is 0 Å². The van der Waals surface area contributed by atoms with Gasteiger partial charge in [-0.2, -0.15) is 0 Å². The average molecular weight is 819 g/mol. The molecular weight excluding hydrogens is 773 g/mol. The SMILES string of the molecule is CCC1C(c2ccccc2)=CC(c2cc3c(cc2-c2ccc4c5ccccc5n(-c5ccccc5)c4c2)-c2ccccc2C3(c2ccccc2)c2ccccc2)=NC1c1ccccc1. The van der Waals surface area contributed by atoms with Gasteiger partial charge in [0, 0.05) is 27.9 Å². The highest BCUT2D eigenvalue weighted by atomic mass is 15.0. The Bertz CT molecular complexity index is 3360. The summed E-state index contributed by atoms with van der Waals surface area (Å²) < 4.78 is 2.43. The fourth-order valence-electron chi connectivity index (χ4n) is 11.1. The van der Waals surface area contributed by atoms with Gasteiger partial charge < -0.3 is 4.57 Å². The van der Waals surface area contributed by atoms with Gasteiger partial charge in [-0.3, -0.25) is 4.99 Å². The largest absolute Gasteiger partial charge is 0.309 e. The predicted octanol–water partition coefficient (Wildman–Crippen LogP) is 15.5. The molecule has 304 valence electrons. The third-order valence-electron chi connectivity index (χ3n) is 13.9.